The van der Waals surface area contributed by atoms with Gasteiger partial charge in [0, 0.05) is 6.20 Å². The Morgan fingerprint density at radius 2 is 2.50 bits per heavy atom. The summed E-state index contributed by atoms with van der Waals surface area (Å²) in [4.78, 5) is 15.3. The molecular formula is C11H13N3O2. The van der Waals surface area contributed by atoms with Crippen LogP contribution in [0.5, 0.6) is 0 Å². The Morgan fingerprint density at radius 1 is 1.75 bits per heavy atom. The lowest BCUT2D eigenvalue weighted by Gasteiger charge is -2.12. The van der Waals surface area contributed by atoms with Crippen LogP contribution >= 0.6 is 0 Å². The van der Waals surface area contributed by atoms with E-state index < -0.39 is 6.04 Å². The number of esters is 1. The summed E-state index contributed by atoms with van der Waals surface area (Å²) in [5.74, 6) is 0.145. The molecule has 1 unspecified atom stereocenters. The average molecular weight is 219 g/mol. The molecule has 84 valence electrons. The molecule has 0 bridgehead atoms. The van der Waals surface area contributed by atoms with E-state index in [-0.39, 0.29) is 5.97 Å². The van der Waals surface area contributed by atoms with Gasteiger partial charge in [-0.1, -0.05) is 0 Å². The minimum absolute atomic E-state index is 0.341. The van der Waals surface area contributed by atoms with Crippen LogP contribution in [0.15, 0.2) is 18.3 Å². The maximum atomic E-state index is 11.3. The molecule has 1 rings (SSSR count). The Morgan fingerprint density at radius 3 is 3.12 bits per heavy atom. The van der Waals surface area contributed by atoms with E-state index in [2.05, 4.69) is 10.3 Å². The van der Waals surface area contributed by atoms with Crippen LogP contribution in [-0.2, 0) is 9.53 Å². The molecule has 0 aliphatic rings. The molecule has 0 spiro atoms. The van der Waals surface area contributed by atoms with Gasteiger partial charge in [-0.25, -0.2) is 9.78 Å². The minimum atomic E-state index is -0.485. The number of anilines is 1. The highest BCUT2D eigenvalue weighted by Crippen LogP contribution is 2.07. The van der Waals surface area contributed by atoms with Crippen LogP contribution in [0, 0.1) is 11.3 Å². The number of ether oxygens (including phenoxy) is 1. The lowest BCUT2D eigenvalue weighted by Crippen LogP contribution is -2.28. The summed E-state index contributed by atoms with van der Waals surface area (Å²) in [5, 5.41) is 11.6. The average Bonchev–Trinajstić information content (AvgIpc) is 2.29. The third-order valence-electron chi connectivity index (χ3n) is 1.89. The molecule has 0 amide bonds. The zero-order valence-electron chi connectivity index (χ0n) is 9.23. The van der Waals surface area contributed by atoms with E-state index in [1.54, 1.807) is 26.0 Å². The first-order chi connectivity index (χ1) is 7.67. The van der Waals surface area contributed by atoms with E-state index in [1.807, 2.05) is 6.07 Å². The van der Waals surface area contributed by atoms with Crippen molar-refractivity contribution in [2.45, 2.75) is 19.9 Å². The van der Waals surface area contributed by atoms with E-state index in [0.717, 1.165) is 0 Å². The largest absolute Gasteiger partial charge is 0.464 e. The zero-order chi connectivity index (χ0) is 12.0. The van der Waals surface area contributed by atoms with E-state index in [0.29, 0.717) is 18.0 Å². The van der Waals surface area contributed by atoms with Gasteiger partial charge >= 0.3 is 5.97 Å². The second kappa shape index (κ2) is 5.71. The van der Waals surface area contributed by atoms with Crippen molar-refractivity contribution in [3.63, 3.8) is 0 Å². The van der Waals surface area contributed by atoms with Gasteiger partial charge in [-0.15, -0.1) is 0 Å². The van der Waals surface area contributed by atoms with Crippen LogP contribution in [0.2, 0.25) is 0 Å². The first-order valence-corrected chi connectivity index (χ1v) is 4.96. The fourth-order valence-electron chi connectivity index (χ4n) is 1.13. The molecule has 1 atom stereocenters. The van der Waals surface area contributed by atoms with E-state index >= 15 is 0 Å². The quantitative estimate of drug-likeness (QED) is 0.773. The molecule has 0 saturated carbocycles. The molecule has 1 aromatic rings. The molecule has 1 aromatic heterocycles. The number of hydrogen-bond donors (Lipinski definition) is 1. The maximum Gasteiger partial charge on any atom is 0.328 e. The number of aromatic nitrogens is 1. The minimum Gasteiger partial charge on any atom is -0.464 e. The molecule has 16 heavy (non-hydrogen) atoms. The summed E-state index contributed by atoms with van der Waals surface area (Å²) in [5.41, 5.74) is 0.494. The summed E-state index contributed by atoms with van der Waals surface area (Å²) < 4.78 is 4.84. The predicted molar refractivity (Wildman–Crippen MR) is 58.7 cm³/mol. The van der Waals surface area contributed by atoms with Crippen molar-refractivity contribution >= 4 is 11.8 Å². The van der Waals surface area contributed by atoms with Gasteiger partial charge in [0.05, 0.1) is 18.2 Å². The monoisotopic (exact) mass is 219 g/mol. The van der Waals surface area contributed by atoms with Gasteiger partial charge in [0.1, 0.15) is 11.9 Å². The SMILES string of the molecule is CCOC(=O)C(C)Nc1cc(C#N)ccn1. The van der Waals surface area contributed by atoms with Crippen molar-refractivity contribution in [3.05, 3.63) is 23.9 Å². The van der Waals surface area contributed by atoms with Gasteiger partial charge in [-0.3, -0.25) is 0 Å². The third kappa shape index (κ3) is 3.24. The zero-order valence-corrected chi connectivity index (χ0v) is 9.23. The Kier molecular flexibility index (Phi) is 4.28. The predicted octanol–water partition coefficient (Wildman–Crippen LogP) is 1.32. The van der Waals surface area contributed by atoms with Gasteiger partial charge < -0.3 is 10.1 Å². The fraction of sp³-hybridized carbons (Fsp3) is 0.364. The van der Waals surface area contributed by atoms with Crippen LogP contribution in [0.1, 0.15) is 19.4 Å². The number of nitriles is 1. The van der Waals surface area contributed by atoms with Gasteiger partial charge in [0.2, 0.25) is 0 Å². The Labute approximate surface area is 94.1 Å². The Bertz CT molecular complexity index is 412. The van der Waals surface area contributed by atoms with Crippen LogP contribution in [-0.4, -0.2) is 23.6 Å². The standard InChI is InChI=1S/C11H13N3O2/c1-3-16-11(15)8(2)14-10-6-9(7-12)4-5-13-10/h4-6,8H,3H2,1-2H3,(H,13,14). The molecular weight excluding hydrogens is 206 g/mol. The van der Waals surface area contributed by atoms with E-state index in [4.69, 9.17) is 10.00 Å². The molecule has 1 heterocycles. The summed E-state index contributed by atoms with van der Waals surface area (Å²) in [6.07, 6.45) is 1.51. The number of nitrogens with one attached hydrogen (secondary N) is 1. The Hall–Kier alpha value is -2.09. The molecule has 0 fully saturated rings. The van der Waals surface area contributed by atoms with Gasteiger partial charge in [0.25, 0.3) is 0 Å². The van der Waals surface area contributed by atoms with Crippen molar-refractivity contribution in [2.75, 3.05) is 11.9 Å². The topological polar surface area (TPSA) is 75.0 Å². The summed E-state index contributed by atoms with van der Waals surface area (Å²) in [6, 6.07) is 4.69. The van der Waals surface area contributed by atoms with Gasteiger partial charge in [0.15, 0.2) is 0 Å². The number of rotatable bonds is 4. The van der Waals surface area contributed by atoms with Crippen LogP contribution in [0.4, 0.5) is 5.82 Å². The van der Waals surface area contributed by atoms with Crippen molar-refractivity contribution < 1.29 is 9.53 Å². The smallest absolute Gasteiger partial charge is 0.328 e. The molecule has 0 saturated heterocycles. The maximum absolute atomic E-state index is 11.3. The molecule has 0 aliphatic heterocycles. The van der Waals surface area contributed by atoms with Crippen LogP contribution < -0.4 is 5.32 Å². The molecule has 5 nitrogen and oxygen atoms in total. The van der Waals surface area contributed by atoms with E-state index in [1.165, 1.54) is 6.20 Å². The summed E-state index contributed by atoms with van der Waals surface area (Å²) in [6.45, 7) is 3.77. The fourth-order valence-corrected chi connectivity index (χ4v) is 1.13. The highest BCUT2D eigenvalue weighted by molar-refractivity contribution is 5.78. The molecule has 0 aromatic carbocycles. The number of hydrogen-bond acceptors (Lipinski definition) is 5. The number of carbonyl (C=O) groups excluding carboxylic acids is 1. The molecule has 5 heteroatoms. The number of nitrogens with zero attached hydrogens (tertiary/aromatic N) is 2. The van der Waals surface area contributed by atoms with Crippen LogP contribution in [0.3, 0.4) is 0 Å². The van der Waals surface area contributed by atoms with Gasteiger partial charge in [-0.05, 0) is 26.0 Å². The first-order valence-electron chi connectivity index (χ1n) is 4.96. The van der Waals surface area contributed by atoms with Crippen molar-refractivity contribution in [1.82, 2.24) is 4.98 Å². The van der Waals surface area contributed by atoms with Crippen molar-refractivity contribution in [2.24, 2.45) is 0 Å². The number of pyridine rings is 1. The van der Waals surface area contributed by atoms with Crippen LogP contribution in [0.25, 0.3) is 0 Å². The van der Waals surface area contributed by atoms with Gasteiger partial charge in [-0.2, -0.15) is 5.26 Å². The summed E-state index contributed by atoms with van der Waals surface area (Å²) >= 11 is 0. The van der Waals surface area contributed by atoms with Crippen molar-refractivity contribution in [1.29, 1.82) is 5.26 Å². The molecule has 1 N–H and O–H groups in total. The third-order valence-corrected chi connectivity index (χ3v) is 1.89. The van der Waals surface area contributed by atoms with Crippen molar-refractivity contribution in [3.8, 4) is 6.07 Å². The second-order valence-electron chi connectivity index (χ2n) is 3.16. The molecule has 0 radical (unpaired) electrons. The summed E-state index contributed by atoms with van der Waals surface area (Å²) in [7, 11) is 0. The number of carbonyl (C=O) groups is 1. The lowest BCUT2D eigenvalue weighted by molar-refractivity contribution is -0.143. The Balaban J connectivity index is 2.66. The van der Waals surface area contributed by atoms with E-state index in [9.17, 15) is 4.79 Å². The second-order valence-corrected chi connectivity index (χ2v) is 3.16. The first kappa shape index (κ1) is 12.0. The highest BCUT2D eigenvalue weighted by atomic mass is 16.5. The highest BCUT2D eigenvalue weighted by Gasteiger charge is 2.13. The molecule has 0 aliphatic carbocycles. The normalized spacial score (nSPS) is 11.3. The lowest BCUT2D eigenvalue weighted by atomic mass is 10.2.